The second kappa shape index (κ2) is 11.6. The molecule has 2 atom stereocenters. The molecule has 2 heterocycles. The number of aliphatic hydroxyl groups excluding tert-OH is 1. The SMILES string of the molecule is O=C1C[C@@H](O)C[C@H](CCn2c(-c3ccccc3F)c(C(=O)Nc3ccccc3)c(-c3ccccc3)c2C(F)(F)F)O1. The molecule has 0 saturated carbocycles. The van der Waals surface area contributed by atoms with Crippen LogP contribution >= 0.6 is 0 Å². The highest BCUT2D eigenvalue weighted by molar-refractivity contribution is 6.13. The van der Waals surface area contributed by atoms with E-state index in [1.165, 1.54) is 30.3 Å². The van der Waals surface area contributed by atoms with Crippen LogP contribution in [0.5, 0.6) is 0 Å². The third-order valence-electron chi connectivity index (χ3n) is 6.89. The first-order chi connectivity index (χ1) is 19.6. The van der Waals surface area contributed by atoms with Gasteiger partial charge in [0.15, 0.2) is 0 Å². The van der Waals surface area contributed by atoms with Gasteiger partial charge < -0.3 is 19.7 Å². The van der Waals surface area contributed by atoms with Crippen molar-refractivity contribution in [3.63, 3.8) is 0 Å². The third-order valence-corrected chi connectivity index (χ3v) is 6.89. The minimum Gasteiger partial charge on any atom is -0.462 e. The van der Waals surface area contributed by atoms with Gasteiger partial charge in [-0.05, 0) is 29.8 Å². The molecule has 3 aromatic carbocycles. The maximum atomic E-state index is 15.3. The van der Waals surface area contributed by atoms with Crippen molar-refractivity contribution in [1.29, 1.82) is 0 Å². The number of rotatable bonds is 7. The van der Waals surface area contributed by atoms with Gasteiger partial charge in [-0.15, -0.1) is 0 Å². The number of cyclic esters (lactones) is 1. The zero-order valence-corrected chi connectivity index (χ0v) is 21.7. The molecule has 41 heavy (non-hydrogen) atoms. The fourth-order valence-corrected chi connectivity index (χ4v) is 5.20. The van der Waals surface area contributed by atoms with Crippen molar-refractivity contribution in [3.05, 3.63) is 102 Å². The normalized spacial score (nSPS) is 17.2. The Bertz CT molecular complexity index is 1550. The van der Waals surface area contributed by atoms with Crippen LogP contribution in [0.4, 0.5) is 23.2 Å². The fraction of sp³-hybridized carbons (Fsp3) is 0.226. The van der Waals surface area contributed by atoms with Gasteiger partial charge in [0.05, 0.1) is 23.8 Å². The van der Waals surface area contributed by atoms with Gasteiger partial charge in [-0.3, -0.25) is 9.59 Å². The van der Waals surface area contributed by atoms with E-state index in [9.17, 15) is 14.7 Å². The molecular weight excluding hydrogens is 540 g/mol. The first-order valence-electron chi connectivity index (χ1n) is 13.0. The van der Waals surface area contributed by atoms with Crippen molar-refractivity contribution >= 4 is 17.6 Å². The lowest BCUT2D eigenvalue weighted by Crippen LogP contribution is -2.33. The average molecular weight is 567 g/mol. The van der Waals surface area contributed by atoms with Crippen LogP contribution in [-0.4, -0.2) is 33.8 Å². The molecule has 0 radical (unpaired) electrons. The van der Waals surface area contributed by atoms with E-state index in [-0.39, 0.29) is 48.2 Å². The van der Waals surface area contributed by atoms with Crippen molar-refractivity contribution in [2.75, 3.05) is 5.32 Å². The van der Waals surface area contributed by atoms with E-state index < -0.39 is 47.3 Å². The van der Waals surface area contributed by atoms with Crippen molar-refractivity contribution in [3.8, 4) is 22.4 Å². The van der Waals surface area contributed by atoms with Crippen LogP contribution in [0.15, 0.2) is 84.9 Å². The summed E-state index contributed by atoms with van der Waals surface area (Å²) >= 11 is 0. The van der Waals surface area contributed by atoms with E-state index in [1.807, 2.05) is 0 Å². The van der Waals surface area contributed by atoms with Gasteiger partial charge in [0, 0.05) is 36.2 Å². The predicted octanol–water partition coefficient (Wildman–Crippen LogP) is 6.69. The third kappa shape index (κ3) is 6.02. The number of ether oxygens (including phenoxy) is 1. The van der Waals surface area contributed by atoms with E-state index in [0.29, 0.717) is 5.69 Å². The Kier molecular flexibility index (Phi) is 7.94. The van der Waals surface area contributed by atoms with Gasteiger partial charge in [0.1, 0.15) is 17.6 Å². The number of nitrogens with zero attached hydrogens (tertiary/aromatic N) is 1. The Morgan fingerprint density at radius 2 is 1.61 bits per heavy atom. The molecule has 10 heteroatoms. The molecule has 0 spiro atoms. The monoisotopic (exact) mass is 566 g/mol. The number of anilines is 1. The predicted molar refractivity (Wildman–Crippen MR) is 144 cm³/mol. The van der Waals surface area contributed by atoms with Gasteiger partial charge in [-0.1, -0.05) is 60.7 Å². The van der Waals surface area contributed by atoms with Crippen LogP contribution in [0.25, 0.3) is 22.4 Å². The average Bonchev–Trinajstić information content (AvgIpc) is 3.28. The van der Waals surface area contributed by atoms with Crippen LogP contribution in [-0.2, 0) is 22.3 Å². The number of carbonyl (C=O) groups excluding carboxylic acids is 2. The molecule has 2 N–H and O–H groups in total. The summed E-state index contributed by atoms with van der Waals surface area (Å²) in [5.41, 5.74) is -1.87. The second-order valence-corrected chi connectivity index (χ2v) is 9.76. The Hall–Kier alpha value is -4.44. The number of hydrogen-bond acceptors (Lipinski definition) is 4. The van der Waals surface area contributed by atoms with Crippen molar-refractivity contribution in [2.24, 2.45) is 0 Å². The highest BCUT2D eigenvalue weighted by Crippen LogP contribution is 2.46. The zero-order valence-electron chi connectivity index (χ0n) is 21.7. The minimum absolute atomic E-state index is 0.0519. The largest absolute Gasteiger partial charge is 0.462 e. The van der Waals surface area contributed by atoms with Gasteiger partial charge >= 0.3 is 12.1 Å². The van der Waals surface area contributed by atoms with Gasteiger partial charge in [0.2, 0.25) is 0 Å². The summed E-state index contributed by atoms with van der Waals surface area (Å²) in [5, 5.41) is 12.7. The van der Waals surface area contributed by atoms with E-state index >= 15 is 17.6 Å². The standard InChI is InChI=1S/C31H26F4N2O4/c32-24-14-8-7-13-23(24)28-27(30(40)36-20-11-5-2-6-12-20)26(19-9-3-1-4-10-19)29(31(33,34)35)37(28)16-15-22-17-21(38)18-25(39)41-22/h1-14,21-22,38H,15-18H2,(H,36,40)/t21-,22-/m0/s1. The lowest BCUT2D eigenvalue weighted by atomic mass is 9.96. The molecular formula is C31H26F4N2O4. The molecule has 1 aliphatic rings. The Balaban J connectivity index is 1.77. The molecule has 0 bridgehead atoms. The number of hydrogen-bond donors (Lipinski definition) is 2. The van der Waals surface area contributed by atoms with E-state index in [4.69, 9.17) is 4.74 Å². The van der Waals surface area contributed by atoms with Gasteiger partial charge in [-0.25, -0.2) is 4.39 Å². The van der Waals surface area contributed by atoms with Crippen LogP contribution in [0.1, 0.15) is 35.3 Å². The maximum Gasteiger partial charge on any atom is 0.432 e. The zero-order chi connectivity index (χ0) is 29.1. The van der Waals surface area contributed by atoms with Gasteiger partial charge in [-0.2, -0.15) is 13.2 Å². The molecule has 6 nitrogen and oxygen atoms in total. The van der Waals surface area contributed by atoms with Crippen molar-refractivity contribution in [1.82, 2.24) is 4.57 Å². The summed E-state index contributed by atoms with van der Waals surface area (Å²) in [6.45, 7) is -0.373. The number of nitrogens with one attached hydrogen (secondary N) is 1. The first-order valence-corrected chi connectivity index (χ1v) is 13.0. The summed E-state index contributed by atoms with van der Waals surface area (Å²) in [6, 6.07) is 21.2. The summed E-state index contributed by atoms with van der Waals surface area (Å²) in [5.74, 6) is -2.32. The molecule has 0 aliphatic carbocycles. The lowest BCUT2D eigenvalue weighted by molar-refractivity contribution is -0.161. The van der Waals surface area contributed by atoms with Crippen molar-refractivity contribution in [2.45, 2.75) is 44.2 Å². The number of aliphatic hydroxyl groups is 1. The summed E-state index contributed by atoms with van der Waals surface area (Å²) in [4.78, 5) is 25.8. The molecule has 5 rings (SSSR count). The number of aromatic nitrogens is 1. The summed E-state index contributed by atoms with van der Waals surface area (Å²) < 4.78 is 66.5. The highest BCUT2D eigenvalue weighted by atomic mass is 19.4. The molecule has 4 aromatic rings. The first kappa shape index (κ1) is 28.1. The maximum absolute atomic E-state index is 15.3. The number of carbonyl (C=O) groups is 2. The van der Waals surface area contributed by atoms with Crippen molar-refractivity contribution < 1.29 is 37.0 Å². The Morgan fingerprint density at radius 1 is 0.976 bits per heavy atom. The smallest absolute Gasteiger partial charge is 0.432 e. The van der Waals surface area contributed by atoms with Crippen LogP contribution in [0, 0.1) is 5.82 Å². The fourth-order valence-electron chi connectivity index (χ4n) is 5.20. The number of amides is 1. The lowest BCUT2D eigenvalue weighted by Gasteiger charge is -2.27. The molecule has 1 aliphatic heterocycles. The quantitative estimate of drug-likeness (QED) is 0.193. The molecule has 1 aromatic heterocycles. The van der Waals surface area contributed by atoms with E-state index in [0.717, 1.165) is 10.6 Å². The Morgan fingerprint density at radius 3 is 2.24 bits per heavy atom. The number of alkyl halides is 3. The second-order valence-electron chi connectivity index (χ2n) is 9.76. The topological polar surface area (TPSA) is 80.6 Å². The number of halogens is 4. The summed E-state index contributed by atoms with van der Waals surface area (Å²) in [6.07, 6.45) is -7.04. The molecule has 212 valence electrons. The molecule has 0 unspecified atom stereocenters. The molecule has 1 saturated heterocycles. The highest BCUT2D eigenvalue weighted by Gasteiger charge is 2.43. The van der Waals surface area contributed by atoms with Crippen LogP contribution < -0.4 is 5.32 Å². The van der Waals surface area contributed by atoms with Crippen LogP contribution in [0.2, 0.25) is 0 Å². The number of benzene rings is 3. The number of esters is 1. The molecule has 1 amide bonds. The Labute approximate surface area is 233 Å². The van der Waals surface area contributed by atoms with Gasteiger partial charge in [0.25, 0.3) is 5.91 Å². The van der Waals surface area contributed by atoms with Crippen LogP contribution in [0.3, 0.4) is 0 Å². The number of para-hydroxylation sites is 1. The van der Waals surface area contributed by atoms with E-state index in [2.05, 4.69) is 5.32 Å². The van der Waals surface area contributed by atoms with E-state index in [1.54, 1.807) is 48.5 Å². The molecule has 1 fully saturated rings. The minimum atomic E-state index is -4.96. The summed E-state index contributed by atoms with van der Waals surface area (Å²) in [7, 11) is 0.